The molecule has 1 aromatic carbocycles. The molecule has 1 saturated heterocycles. The van der Waals surface area contributed by atoms with Crippen LogP contribution in [-0.4, -0.2) is 39.9 Å². The third kappa shape index (κ3) is 3.28. The Labute approximate surface area is 138 Å². The van der Waals surface area contributed by atoms with Crippen LogP contribution in [0.2, 0.25) is 0 Å². The van der Waals surface area contributed by atoms with Gasteiger partial charge in [-0.05, 0) is 31.9 Å². The van der Waals surface area contributed by atoms with Crippen molar-refractivity contribution < 1.29 is 14.5 Å². The number of nitrogens with zero attached hydrogens (tertiary/aromatic N) is 3. The number of nitro benzene ring substituents is 1. The van der Waals surface area contributed by atoms with Gasteiger partial charge in [0, 0.05) is 25.3 Å². The van der Waals surface area contributed by atoms with E-state index in [1.54, 1.807) is 23.7 Å². The van der Waals surface area contributed by atoms with Gasteiger partial charge in [0.25, 0.3) is 11.6 Å². The molecule has 1 fully saturated rings. The van der Waals surface area contributed by atoms with Gasteiger partial charge in [0.2, 0.25) is 0 Å². The third-order valence-corrected chi connectivity index (χ3v) is 4.07. The standard InChI is InChI=1S/C16H18N4O4/c1-11-15(16(21)17-9-14-3-2-8-24-14)10-18-19(11)12-4-6-13(7-5-12)20(22)23/h4-7,10,14H,2-3,8-9H2,1H3,(H,17,21)/t14-/m1/s1. The summed E-state index contributed by atoms with van der Waals surface area (Å²) in [6.45, 7) is 3.02. The summed E-state index contributed by atoms with van der Waals surface area (Å²) in [6, 6.07) is 6.03. The van der Waals surface area contributed by atoms with Gasteiger partial charge >= 0.3 is 0 Å². The summed E-state index contributed by atoms with van der Waals surface area (Å²) in [6.07, 6.45) is 3.57. The zero-order valence-corrected chi connectivity index (χ0v) is 13.3. The van der Waals surface area contributed by atoms with Crippen LogP contribution in [0.4, 0.5) is 5.69 Å². The first-order valence-corrected chi connectivity index (χ1v) is 7.75. The first-order chi connectivity index (χ1) is 11.6. The lowest BCUT2D eigenvalue weighted by molar-refractivity contribution is -0.384. The number of rotatable bonds is 5. The summed E-state index contributed by atoms with van der Waals surface area (Å²) < 4.78 is 7.07. The zero-order chi connectivity index (χ0) is 17.1. The highest BCUT2D eigenvalue weighted by Crippen LogP contribution is 2.18. The fourth-order valence-electron chi connectivity index (χ4n) is 2.72. The molecule has 1 aliphatic rings. The summed E-state index contributed by atoms with van der Waals surface area (Å²) in [5, 5.41) is 17.8. The molecule has 0 bridgehead atoms. The minimum Gasteiger partial charge on any atom is -0.376 e. The van der Waals surface area contributed by atoms with Crippen LogP contribution in [0.3, 0.4) is 0 Å². The number of carbonyl (C=O) groups is 1. The minimum absolute atomic E-state index is 0.0121. The number of benzene rings is 1. The molecule has 1 amide bonds. The lowest BCUT2D eigenvalue weighted by Gasteiger charge is -2.10. The van der Waals surface area contributed by atoms with E-state index in [0.717, 1.165) is 19.4 Å². The van der Waals surface area contributed by atoms with Gasteiger partial charge < -0.3 is 10.1 Å². The molecule has 0 spiro atoms. The number of nitrogens with one attached hydrogen (secondary N) is 1. The van der Waals surface area contributed by atoms with E-state index in [-0.39, 0.29) is 17.7 Å². The van der Waals surface area contributed by atoms with Crippen LogP contribution in [0.25, 0.3) is 5.69 Å². The highest BCUT2D eigenvalue weighted by molar-refractivity contribution is 5.95. The molecular formula is C16H18N4O4. The average molecular weight is 330 g/mol. The molecule has 1 atom stereocenters. The van der Waals surface area contributed by atoms with E-state index in [9.17, 15) is 14.9 Å². The number of carbonyl (C=O) groups excluding carboxylic acids is 1. The van der Waals surface area contributed by atoms with Crippen molar-refractivity contribution in [1.82, 2.24) is 15.1 Å². The van der Waals surface area contributed by atoms with Crippen LogP contribution < -0.4 is 5.32 Å². The molecule has 8 heteroatoms. The molecule has 2 aromatic rings. The van der Waals surface area contributed by atoms with Crippen molar-refractivity contribution >= 4 is 11.6 Å². The Balaban J connectivity index is 1.72. The van der Waals surface area contributed by atoms with Crippen LogP contribution in [-0.2, 0) is 4.74 Å². The largest absolute Gasteiger partial charge is 0.376 e. The lowest BCUT2D eigenvalue weighted by Crippen LogP contribution is -2.32. The van der Waals surface area contributed by atoms with Crippen molar-refractivity contribution in [3.8, 4) is 5.69 Å². The second-order valence-electron chi connectivity index (χ2n) is 5.67. The maximum Gasteiger partial charge on any atom is 0.269 e. The van der Waals surface area contributed by atoms with Crippen molar-refractivity contribution in [2.24, 2.45) is 0 Å². The van der Waals surface area contributed by atoms with Crippen molar-refractivity contribution in [3.63, 3.8) is 0 Å². The maximum absolute atomic E-state index is 12.3. The number of hydrogen-bond donors (Lipinski definition) is 1. The fourth-order valence-corrected chi connectivity index (χ4v) is 2.72. The molecule has 0 radical (unpaired) electrons. The quantitative estimate of drug-likeness (QED) is 0.667. The summed E-state index contributed by atoms with van der Waals surface area (Å²) in [4.78, 5) is 22.6. The Morgan fingerprint density at radius 3 is 2.83 bits per heavy atom. The fraction of sp³-hybridized carbons (Fsp3) is 0.375. The van der Waals surface area contributed by atoms with Crippen molar-refractivity contribution in [1.29, 1.82) is 0 Å². The van der Waals surface area contributed by atoms with Gasteiger partial charge in [0.05, 0.1) is 34.2 Å². The van der Waals surface area contributed by atoms with Crippen molar-refractivity contribution in [2.75, 3.05) is 13.2 Å². The summed E-state index contributed by atoms with van der Waals surface area (Å²) in [5.41, 5.74) is 1.83. The molecule has 24 heavy (non-hydrogen) atoms. The number of ether oxygens (including phenoxy) is 1. The van der Waals surface area contributed by atoms with Crippen LogP contribution in [0.5, 0.6) is 0 Å². The molecule has 3 rings (SSSR count). The second-order valence-corrected chi connectivity index (χ2v) is 5.67. The SMILES string of the molecule is Cc1c(C(=O)NC[C@H]2CCCO2)cnn1-c1ccc([N+](=O)[O-])cc1. The van der Waals surface area contributed by atoms with Crippen LogP contribution >= 0.6 is 0 Å². The van der Waals surface area contributed by atoms with Gasteiger partial charge in [0.15, 0.2) is 0 Å². The molecule has 8 nitrogen and oxygen atoms in total. The van der Waals surface area contributed by atoms with Gasteiger partial charge in [-0.1, -0.05) is 0 Å². The number of non-ortho nitro benzene ring substituents is 1. The molecule has 0 aliphatic carbocycles. The molecule has 1 aliphatic heterocycles. The predicted molar refractivity (Wildman–Crippen MR) is 86.3 cm³/mol. The normalized spacial score (nSPS) is 17.0. The lowest BCUT2D eigenvalue weighted by atomic mass is 10.2. The smallest absolute Gasteiger partial charge is 0.269 e. The predicted octanol–water partition coefficient (Wildman–Crippen LogP) is 2.00. The molecule has 1 N–H and O–H groups in total. The first kappa shape index (κ1) is 16.1. The highest BCUT2D eigenvalue weighted by atomic mass is 16.6. The van der Waals surface area contributed by atoms with E-state index in [1.807, 2.05) is 0 Å². The zero-order valence-electron chi connectivity index (χ0n) is 13.3. The Hall–Kier alpha value is -2.74. The maximum atomic E-state index is 12.3. The van der Waals surface area contributed by atoms with Gasteiger partial charge in [0.1, 0.15) is 0 Å². The van der Waals surface area contributed by atoms with Gasteiger partial charge in [-0.3, -0.25) is 14.9 Å². The van der Waals surface area contributed by atoms with E-state index < -0.39 is 4.92 Å². The first-order valence-electron chi connectivity index (χ1n) is 7.75. The van der Waals surface area contributed by atoms with Crippen LogP contribution in [0.1, 0.15) is 28.9 Å². The van der Waals surface area contributed by atoms with Crippen LogP contribution in [0.15, 0.2) is 30.5 Å². The van der Waals surface area contributed by atoms with Gasteiger partial charge in [-0.25, -0.2) is 4.68 Å². The second kappa shape index (κ2) is 6.79. The molecule has 126 valence electrons. The number of amides is 1. The van der Waals surface area contributed by atoms with Gasteiger partial charge in [-0.15, -0.1) is 0 Å². The number of aromatic nitrogens is 2. The average Bonchev–Trinajstić information content (AvgIpc) is 3.22. The monoisotopic (exact) mass is 330 g/mol. The summed E-state index contributed by atoms with van der Waals surface area (Å²) in [7, 11) is 0. The van der Waals surface area contributed by atoms with Gasteiger partial charge in [-0.2, -0.15) is 5.10 Å². The number of hydrogen-bond acceptors (Lipinski definition) is 5. The summed E-state index contributed by atoms with van der Waals surface area (Å²) in [5.74, 6) is -0.198. The van der Waals surface area contributed by atoms with E-state index in [0.29, 0.717) is 23.5 Å². The van der Waals surface area contributed by atoms with E-state index in [1.165, 1.54) is 18.3 Å². The molecule has 0 unspecified atom stereocenters. The van der Waals surface area contributed by atoms with E-state index >= 15 is 0 Å². The molecule has 2 heterocycles. The Morgan fingerprint density at radius 2 is 2.21 bits per heavy atom. The topological polar surface area (TPSA) is 99.3 Å². The summed E-state index contributed by atoms with van der Waals surface area (Å²) >= 11 is 0. The third-order valence-electron chi connectivity index (χ3n) is 4.07. The Morgan fingerprint density at radius 1 is 1.46 bits per heavy atom. The van der Waals surface area contributed by atoms with E-state index in [2.05, 4.69) is 10.4 Å². The van der Waals surface area contributed by atoms with Crippen LogP contribution in [0, 0.1) is 17.0 Å². The molecule has 1 aromatic heterocycles. The molecular weight excluding hydrogens is 312 g/mol. The Bertz CT molecular complexity index is 748. The van der Waals surface area contributed by atoms with Crippen molar-refractivity contribution in [3.05, 3.63) is 51.8 Å². The minimum atomic E-state index is -0.455. The highest BCUT2D eigenvalue weighted by Gasteiger charge is 2.19. The van der Waals surface area contributed by atoms with E-state index in [4.69, 9.17) is 4.74 Å². The Kier molecular flexibility index (Phi) is 4.57. The van der Waals surface area contributed by atoms with Crippen molar-refractivity contribution in [2.45, 2.75) is 25.9 Å². The number of nitro groups is 1. The molecule has 0 saturated carbocycles.